The van der Waals surface area contributed by atoms with Crippen LogP contribution >= 0.6 is 0 Å². The quantitative estimate of drug-likeness (QED) is 0.686. The van der Waals surface area contributed by atoms with Crippen molar-refractivity contribution in [3.05, 3.63) is 65.2 Å². The summed E-state index contributed by atoms with van der Waals surface area (Å²) in [4.78, 5) is 14.5. The SMILES string of the molecule is CCN(Cc1ccc(C(=O)NNc2cccc(C(F)(F)F)c2)cc1)C(C)C. The molecule has 0 aliphatic heterocycles. The zero-order valence-electron chi connectivity index (χ0n) is 15.6. The average Bonchev–Trinajstić information content (AvgIpc) is 2.64. The van der Waals surface area contributed by atoms with E-state index in [1.807, 2.05) is 12.1 Å². The fourth-order valence-corrected chi connectivity index (χ4v) is 2.63. The summed E-state index contributed by atoms with van der Waals surface area (Å²) < 4.78 is 38.2. The minimum Gasteiger partial charge on any atom is -0.298 e. The predicted molar refractivity (Wildman–Crippen MR) is 100 cm³/mol. The van der Waals surface area contributed by atoms with Crippen LogP contribution < -0.4 is 10.9 Å². The molecule has 0 heterocycles. The molecule has 2 aromatic carbocycles. The Morgan fingerprint density at radius 3 is 2.33 bits per heavy atom. The maximum Gasteiger partial charge on any atom is 0.416 e. The van der Waals surface area contributed by atoms with E-state index in [1.165, 1.54) is 12.1 Å². The molecule has 1 amide bonds. The van der Waals surface area contributed by atoms with E-state index in [4.69, 9.17) is 0 Å². The summed E-state index contributed by atoms with van der Waals surface area (Å²) in [5.74, 6) is -0.421. The number of benzene rings is 2. The topological polar surface area (TPSA) is 44.4 Å². The van der Waals surface area contributed by atoms with Crippen molar-refractivity contribution in [2.75, 3.05) is 12.0 Å². The first-order valence-electron chi connectivity index (χ1n) is 8.77. The van der Waals surface area contributed by atoms with Gasteiger partial charge in [0.25, 0.3) is 5.91 Å². The lowest BCUT2D eigenvalue weighted by Gasteiger charge is -2.24. The fraction of sp³-hybridized carbons (Fsp3) is 0.350. The number of hydrogen-bond donors (Lipinski definition) is 2. The Hall–Kier alpha value is -2.54. The minimum atomic E-state index is -4.43. The van der Waals surface area contributed by atoms with Gasteiger partial charge < -0.3 is 0 Å². The van der Waals surface area contributed by atoms with Crippen LogP contribution in [0.4, 0.5) is 18.9 Å². The number of halogens is 3. The van der Waals surface area contributed by atoms with Gasteiger partial charge in [0, 0.05) is 18.2 Å². The number of anilines is 1. The van der Waals surface area contributed by atoms with Crippen molar-refractivity contribution in [3.63, 3.8) is 0 Å². The van der Waals surface area contributed by atoms with Gasteiger partial charge in [0.15, 0.2) is 0 Å². The molecule has 27 heavy (non-hydrogen) atoms. The van der Waals surface area contributed by atoms with E-state index in [9.17, 15) is 18.0 Å². The van der Waals surface area contributed by atoms with Crippen LogP contribution in [-0.2, 0) is 12.7 Å². The molecule has 0 aliphatic carbocycles. The molecule has 2 aromatic rings. The Morgan fingerprint density at radius 2 is 1.78 bits per heavy atom. The molecule has 0 unspecified atom stereocenters. The van der Waals surface area contributed by atoms with E-state index in [0.29, 0.717) is 11.6 Å². The van der Waals surface area contributed by atoms with E-state index in [2.05, 4.69) is 36.5 Å². The van der Waals surface area contributed by atoms with E-state index >= 15 is 0 Å². The van der Waals surface area contributed by atoms with Gasteiger partial charge in [0.1, 0.15) is 0 Å². The largest absolute Gasteiger partial charge is 0.416 e. The lowest BCUT2D eigenvalue weighted by molar-refractivity contribution is -0.137. The molecule has 4 nitrogen and oxygen atoms in total. The minimum absolute atomic E-state index is 0.158. The highest BCUT2D eigenvalue weighted by molar-refractivity contribution is 5.94. The number of rotatable bonds is 7. The molecule has 0 atom stereocenters. The second-order valence-electron chi connectivity index (χ2n) is 6.51. The van der Waals surface area contributed by atoms with Crippen LogP contribution in [0.5, 0.6) is 0 Å². The van der Waals surface area contributed by atoms with Crippen LogP contribution in [-0.4, -0.2) is 23.4 Å². The van der Waals surface area contributed by atoms with Gasteiger partial charge >= 0.3 is 6.18 Å². The molecule has 0 bridgehead atoms. The summed E-state index contributed by atoms with van der Waals surface area (Å²) in [5.41, 5.74) is 5.82. The van der Waals surface area contributed by atoms with Crippen molar-refractivity contribution in [2.45, 2.75) is 39.5 Å². The zero-order valence-corrected chi connectivity index (χ0v) is 15.6. The molecule has 2 rings (SSSR count). The van der Waals surface area contributed by atoms with Crippen molar-refractivity contribution in [3.8, 4) is 0 Å². The third-order valence-corrected chi connectivity index (χ3v) is 4.25. The first-order chi connectivity index (χ1) is 12.7. The van der Waals surface area contributed by atoms with Gasteiger partial charge in [-0.3, -0.25) is 20.5 Å². The van der Waals surface area contributed by atoms with Crippen molar-refractivity contribution in [1.82, 2.24) is 10.3 Å². The van der Waals surface area contributed by atoms with Crippen molar-refractivity contribution >= 4 is 11.6 Å². The highest BCUT2D eigenvalue weighted by atomic mass is 19.4. The third-order valence-electron chi connectivity index (χ3n) is 4.25. The van der Waals surface area contributed by atoms with Crippen molar-refractivity contribution in [2.24, 2.45) is 0 Å². The number of hydrazine groups is 1. The summed E-state index contributed by atoms with van der Waals surface area (Å²) in [5, 5.41) is 0. The van der Waals surface area contributed by atoms with E-state index in [0.717, 1.165) is 30.8 Å². The molecule has 0 aromatic heterocycles. The first kappa shape index (κ1) is 20.8. The van der Waals surface area contributed by atoms with Crippen molar-refractivity contribution in [1.29, 1.82) is 0 Å². The van der Waals surface area contributed by atoms with Gasteiger partial charge in [-0.1, -0.05) is 25.1 Å². The van der Waals surface area contributed by atoms with Gasteiger partial charge in [-0.2, -0.15) is 13.2 Å². The zero-order chi connectivity index (χ0) is 20.0. The monoisotopic (exact) mass is 379 g/mol. The Labute approximate surface area is 157 Å². The number of nitrogens with zero attached hydrogens (tertiary/aromatic N) is 1. The standard InChI is InChI=1S/C20H24F3N3O/c1-4-26(14(2)3)13-15-8-10-16(11-9-15)19(27)25-24-18-7-5-6-17(12-18)20(21,22)23/h5-12,14,24H,4,13H2,1-3H3,(H,25,27). The molecule has 0 saturated carbocycles. The molecule has 0 saturated heterocycles. The maximum atomic E-state index is 12.7. The van der Waals surface area contributed by atoms with Gasteiger partial charge in [-0.15, -0.1) is 0 Å². The second-order valence-corrected chi connectivity index (χ2v) is 6.51. The number of alkyl halides is 3. The Balaban J connectivity index is 1.97. The number of carbonyl (C=O) groups excluding carboxylic acids is 1. The summed E-state index contributed by atoms with van der Waals surface area (Å²) >= 11 is 0. The van der Waals surface area contributed by atoms with Gasteiger partial charge in [-0.05, 0) is 56.3 Å². The molecule has 0 spiro atoms. The summed E-state index contributed by atoms with van der Waals surface area (Å²) in [6.07, 6.45) is -4.43. The van der Waals surface area contributed by atoms with Crippen molar-refractivity contribution < 1.29 is 18.0 Å². The smallest absolute Gasteiger partial charge is 0.298 e. The van der Waals surface area contributed by atoms with Gasteiger partial charge in [0.05, 0.1) is 11.3 Å². The van der Waals surface area contributed by atoms with Crippen LogP contribution in [0.15, 0.2) is 48.5 Å². The number of carbonyl (C=O) groups is 1. The van der Waals surface area contributed by atoms with Crippen LogP contribution in [0, 0.1) is 0 Å². The number of hydrogen-bond acceptors (Lipinski definition) is 3. The maximum absolute atomic E-state index is 12.7. The Morgan fingerprint density at radius 1 is 1.11 bits per heavy atom. The Kier molecular flexibility index (Phi) is 6.85. The Bertz CT molecular complexity index is 758. The van der Waals surface area contributed by atoms with Gasteiger partial charge in [0.2, 0.25) is 0 Å². The normalized spacial score (nSPS) is 11.7. The van der Waals surface area contributed by atoms with Crippen LogP contribution in [0.1, 0.15) is 42.3 Å². The lowest BCUT2D eigenvalue weighted by Crippen LogP contribution is -2.30. The molecule has 2 N–H and O–H groups in total. The summed E-state index contributed by atoms with van der Waals surface area (Å²) in [6.45, 7) is 8.08. The highest BCUT2D eigenvalue weighted by Crippen LogP contribution is 2.30. The average molecular weight is 379 g/mol. The van der Waals surface area contributed by atoms with E-state index in [-0.39, 0.29) is 5.69 Å². The second kappa shape index (κ2) is 8.90. The summed E-state index contributed by atoms with van der Waals surface area (Å²) in [7, 11) is 0. The molecule has 0 aliphatic rings. The first-order valence-corrected chi connectivity index (χ1v) is 8.77. The molecule has 7 heteroatoms. The summed E-state index contributed by atoms with van der Waals surface area (Å²) in [6, 6.07) is 12.2. The molecular weight excluding hydrogens is 355 g/mol. The van der Waals surface area contributed by atoms with E-state index in [1.54, 1.807) is 12.1 Å². The molecule has 146 valence electrons. The lowest BCUT2D eigenvalue weighted by atomic mass is 10.1. The molecule has 0 radical (unpaired) electrons. The highest BCUT2D eigenvalue weighted by Gasteiger charge is 2.30. The van der Waals surface area contributed by atoms with E-state index < -0.39 is 17.6 Å². The molecule has 0 fully saturated rings. The van der Waals surface area contributed by atoms with Crippen LogP contribution in [0.3, 0.4) is 0 Å². The third kappa shape index (κ3) is 5.99. The van der Waals surface area contributed by atoms with Crippen LogP contribution in [0.2, 0.25) is 0 Å². The fourth-order valence-electron chi connectivity index (χ4n) is 2.63. The predicted octanol–water partition coefficient (Wildman–Crippen LogP) is 4.69. The molecular formula is C20H24F3N3O. The number of nitrogens with one attached hydrogen (secondary N) is 2. The van der Waals surface area contributed by atoms with Crippen LogP contribution in [0.25, 0.3) is 0 Å². The number of amides is 1. The van der Waals surface area contributed by atoms with Gasteiger partial charge in [-0.25, -0.2) is 0 Å².